The van der Waals surface area contributed by atoms with Crippen LogP contribution in [-0.2, 0) is 15.4 Å². The average Bonchev–Trinajstić information content (AvgIpc) is 2.59. The van der Waals surface area contributed by atoms with E-state index in [2.05, 4.69) is 4.74 Å². The second-order valence-electron chi connectivity index (χ2n) is 5.75. The van der Waals surface area contributed by atoms with Gasteiger partial charge in [-0.3, -0.25) is 0 Å². The summed E-state index contributed by atoms with van der Waals surface area (Å²) >= 11 is 0. The molecule has 2 heterocycles. The van der Waals surface area contributed by atoms with Crippen molar-refractivity contribution in [2.45, 2.75) is 48.4 Å². The zero-order valence-electron chi connectivity index (χ0n) is 11.2. The molecule has 7 heteroatoms. The Balaban J connectivity index is 1.84. The molecule has 2 aliphatic heterocycles. The van der Waals surface area contributed by atoms with E-state index in [-0.39, 0.29) is 18.6 Å². The molecule has 21 heavy (non-hydrogen) atoms. The summed E-state index contributed by atoms with van der Waals surface area (Å²) in [7, 11) is -3.12. The number of aliphatic hydroxyl groups is 1. The van der Waals surface area contributed by atoms with Crippen molar-refractivity contribution in [2.24, 2.45) is 0 Å². The average molecular weight is 318 g/mol. The topological polar surface area (TPSA) is 63.6 Å². The van der Waals surface area contributed by atoms with Crippen LogP contribution in [0.5, 0.6) is 5.75 Å². The third-order valence-corrected chi connectivity index (χ3v) is 7.15. The van der Waals surface area contributed by atoms with E-state index in [1.54, 1.807) is 0 Å². The second kappa shape index (κ2) is 4.91. The third kappa shape index (κ3) is 2.53. The molecule has 2 atom stereocenters. The van der Waals surface area contributed by atoms with Crippen LogP contribution in [0.2, 0.25) is 0 Å². The molecule has 2 bridgehead atoms. The summed E-state index contributed by atoms with van der Waals surface area (Å²) in [5.41, 5.74) is -0.656. The largest absolute Gasteiger partial charge is 0.435 e. The van der Waals surface area contributed by atoms with Gasteiger partial charge in [0, 0.05) is 0 Å². The lowest BCUT2D eigenvalue weighted by atomic mass is 9.86. The minimum atomic E-state index is -3.12. The van der Waals surface area contributed by atoms with Gasteiger partial charge in [0.1, 0.15) is 5.75 Å². The van der Waals surface area contributed by atoms with Gasteiger partial charge in [-0.15, -0.1) is 0 Å². The van der Waals surface area contributed by atoms with Gasteiger partial charge < -0.3 is 9.84 Å². The fourth-order valence-electron chi connectivity index (χ4n) is 3.43. The van der Waals surface area contributed by atoms with E-state index in [1.165, 1.54) is 24.3 Å². The maximum Gasteiger partial charge on any atom is 0.387 e. The van der Waals surface area contributed by atoms with Crippen molar-refractivity contribution < 1.29 is 27.0 Å². The zero-order valence-corrected chi connectivity index (χ0v) is 12.0. The molecule has 116 valence electrons. The molecule has 2 fully saturated rings. The molecule has 0 radical (unpaired) electrons. The summed E-state index contributed by atoms with van der Waals surface area (Å²) in [5.74, 6) is 0.0174. The Kier molecular flexibility index (Phi) is 3.44. The van der Waals surface area contributed by atoms with E-state index in [1.807, 2.05) is 0 Å². The molecule has 0 amide bonds. The quantitative estimate of drug-likeness (QED) is 0.928. The summed E-state index contributed by atoms with van der Waals surface area (Å²) in [6.45, 7) is -2.89. The summed E-state index contributed by atoms with van der Waals surface area (Å²) < 4.78 is 52.6. The molecule has 2 aliphatic rings. The van der Waals surface area contributed by atoms with Gasteiger partial charge >= 0.3 is 6.61 Å². The Labute approximate surface area is 121 Å². The predicted molar refractivity (Wildman–Crippen MR) is 71.9 cm³/mol. The smallest absolute Gasteiger partial charge is 0.387 e. The zero-order chi connectivity index (χ0) is 15.3. The molecular formula is C14H16F2O4S. The normalized spacial score (nSPS) is 34.1. The molecule has 1 aromatic rings. The molecule has 2 unspecified atom stereocenters. The number of fused-ring (bicyclic) bond motifs is 2. The molecule has 2 saturated heterocycles. The Bertz CT molecular complexity index is 607. The highest BCUT2D eigenvalue weighted by molar-refractivity contribution is 7.93. The fraction of sp³-hybridized carbons (Fsp3) is 0.571. The first kappa shape index (κ1) is 14.7. The van der Waals surface area contributed by atoms with Gasteiger partial charge in [0.15, 0.2) is 9.84 Å². The van der Waals surface area contributed by atoms with Gasteiger partial charge in [-0.25, -0.2) is 8.42 Å². The van der Waals surface area contributed by atoms with Gasteiger partial charge in [-0.05, 0) is 43.4 Å². The first-order chi connectivity index (χ1) is 9.81. The summed E-state index contributed by atoms with van der Waals surface area (Å²) in [5, 5.41) is 9.77. The van der Waals surface area contributed by atoms with Crippen molar-refractivity contribution in [3.8, 4) is 5.75 Å². The third-order valence-electron chi connectivity index (χ3n) is 4.49. The number of hydrogen-bond donors (Lipinski definition) is 1. The van der Waals surface area contributed by atoms with E-state index in [9.17, 15) is 22.3 Å². The molecule has 3 rings (SSSR count). The van der Waals surface area contributed by atoms with Crippen LogP contribution >= 0.6 is 0 Å². The van der Waals surface area contributed by atoms with Crippen molar-refractivity contribution in [1.82, 2.24) is 0 Å². The monoisotopic (exact) mass is 318 g/mol. The van der Waals surface area contributed by atoms with Gasteiger partial charge in [0.2, 0.25) is 0 Å². The van der Waals surface area contributed by atoms with Crippen LogP contribution in [0.15, 0.2) is 24.3 Å². The van der Waals surface area contributed by atoms with Crippen LogP contribution in [0.4, 0.5) is 8.78 Å². The maximum absolute atomic E-state index is 12.1. The summed E-state index contributed by atoms with van der Waals surface area (Å²) in [4.78, 5) is 0. The Morgan fingerprint density at radius 3 is 2.14 bits per heavy atom. The Hall–Kier alpha value is -1.21. The standard InChI is InChI=1S/C14H16F2O4S/c15-13(16)20-10-3-1-9(2-4-10)14(17)7-11-5-6-12(8-14)21(11,18)19/h1-4,11-13,17H,5-8H2. The lowest BCUT2D eigenvalue weighted by Crippen LogP contribution is -2.43. The highest BCUT2D eigenvalue weighted by Gasteiger charge is 2.53. The molecule has 1 aromatic carbocycles. The molecular weight excluding hydrogens is 302 g/mol. The van der Waals surface area contributed by atoms with E-state index >= 15 is 0 Å². The van der Waals surface area contributed by atoms with Crippen molar-refractivity contribution in [3.63, 3.8) is 0 Å². The fourth-order valence-corrected chi connectivity index (χ4v) is 5.92. The number of sulfone groups is 1. The Morgan fingerprint density at radius 1 is 1.14 bits per heavy atom. The van der Waals surface area contributed by atoms with Gasteiger partial charge in [-0.2, -0.15) is 8.78 Å². The molecule has 0 aromatic heterocycles. The minimum Gasteiger partial charge on any atom is -0.435 e. The van der Waals surface area contributed by atoms with Crippen LogP contribution < -0.4 is 4.74 Å². The van der Waals surface area contributed by atoms with Crippen LogP contribution in [0.25, 0.3) is 0 Å². The van der Waals surface area contributed by atoms with Gasteiger partial charge in [0.25, 0.3) is 0 Å². The van der Waals surface area contributed by atoms with E-state index in [0.29, 0.717) is 18.4 Å². The van der Waals surface area contributed by atoms with Crippen LogP contribution in [-0.4, -0.2) is 30.6 Å². The van der Waals surface area contributed by atoms with E-state index < -0.39 is 32.5 Å². The molecule has 0 saturated carbocycles. The molecule has 0 aliphatic carbocycles. The summed E-state index contributed by atoms with van der Waals surface area (Å²) in [6.07, 6.45) is 1.51. The van der Waals surface area contributed by atoms with Crippen molar-refractivity contribution in [3.05, 3.63) is 29.8 Å². The number of halogens is 2. The van der Waals surface area contributed by atoms with Crippen LogP contribution in [0, 0.1) is 0 Å². The number of hydrogen-bond acceptors (Lipinski definition) is 4. The number of ether oxygens (including phenoxy) is 1. The number of rotatable bonds is 3. The molecule has 1 N–H and O–H groups in total. The minimum absolute atomic E-state index is 0.0174. The predicted octanol–water partition coefficient (Wildman–Crippen LogP) is 2.22. The van der Waals surface area contributed by atoms with Crippen LogP contribution in [0.3, 0.4) is 0 Å². The van der Waals surface area contributed by atoms with Gasteiger partial charge in [0.05, 0.1) is 16.1 Å². The van der Waals surface area contributed by atoms with Gasteiger partial charge in [-0.1, -0.05) is 12.1 Å². The highest BCUT2D eigenvalue weighted by Crippen LogP contribution is 2.47. The maximum atomic E-state index is 12.1. The molecule has 0 spiro atoms. The highest BCUT2D eigenvalue weighted by atomic mass is 32.2. The Morgan fingerprint density at radius 2 is 1.67 bits per heavy atom. The van der Waals surface area contributed by atoms with E-state index in [0.717, 1.165) is 0 Å². The summed E-state index contributed by atoms with van der Waals surface area (Å²) in [6, 6.07) is 5.78. The van der Waals surface area contributed by atoms with E-state index in [4.69, 9.17) is 0 Å². The number of alkyl halides is 2. The lowest BCUT2D eigenvalue weighted by molar-refractivity contribution is -0.0499. The van der Waals surface area contributed by atoms with Crippen molar-refractivity contribution in [2.75, 3.05) is 0 Å². The lowest BCUT2D eigenvalue weighted by Gasteiger charge is -2.36. The number of benzene rings is 1. The van der Waals surface area contributed by atoms with Crippen molar-refractivity contribution in [1.29, 1.82) is 0 Å². The molecule has 4 nitrogen and oxygen atoms in total. The second-order valence-corrected chi connectivity index (χ2v) is 8.26. The van der Waals surface area contributed by atoms with Crippen LogP contribution in [0.1, 0.15) is 31.2 Å². The first-order valence-electron chi connectivity index (χ1n) is 6.82. The SMILES string of the molecule is O=S1(=O)C2CCC1CC(O)(c1ccc(OC(F)F)cc1)C2. The van der Waals surface area contributed by atoms with Crippen molar-refractivity contribution >= 4 is 9.84 Å². The first-order valence-corrected chi connectivity index (χ1v) is 8.43.